The van der Waals surface area contributed by atoms with Crippen LogP contribution in [0.2, 0.25) is 0 Å². The van der Waals surface area contributed by atoms with Gasteiger partial charge in [0.15, 0.2) is 0 Å². The monoisotopic (exact) mass is 348 g/mol. The molecule has 0 bridgehead atoms. The van der Waals surface area contributed by atoms with Gasteiger partial charge in [-0.2, -0.15) is 0 Å². The molecule has 3 aromatic rings. The molecule has 3 aromatic carbocycles. The number of halogens is 1. The topological polar surface area (TPSA) is 26.3 Å². The molecule has 3 rings (SSSR count). The van der Waals surface area contributed by atoms with E-state index in [-0.39, 0.29) is 11.8 Å². The maximum absolute atomic E-state index is 13.0. The van der Waals surface area contributed by atoms with Gasteiger partial charge in [-0.1, -0.05) is 49.7 Å². The summed E-state index contributed by atoms with van der Waals surface area (Å²) in [5, 5.41) is 0. The highest BCUT2D eigenvalue weighted by Crippen LogP contribution is 2.23. The second-order valence-electron chi connectivity index (χ2n) is 6.22. The molecule has 2 nitrogen and oxygen atoms in total. The first kappa shape index (κ1) is 17.9. The zero-order valence-electron chi connectivity index (χ0n) is 14.7. The SMILES string of the molecule is CCCCc1ccc(C(=O)Oc2ccc(-c3ccc(F)cc3)cc2)cc1. The third kappa shape index (κ3) is 4.57. The van der Waals surface area contributed by atoms with Crippen molar-refractivity contribution in [1.29, 1.82) is 0 Å². The van der Waals surface area contributed by atoms with Crippen LogP contribution >= 0.6 is 0 Å². The van der Waals surface area contributed by atoms with Crippen LogP contribution in [-0.4, -0.2) is 5.97 Å². The van der Waals surface area contributed by atoms with Gasteiger partial charge >= 0.3 is 5.97 Å². The van der Waals surface area contributed by atoms with Crippen molar-refractivity contribution in [3.8, 4) is 16.9 Å². The fourth-order valence-electron chi connectivity index (χ4n) is 2.71. The molecule has 0 N–H and O–H groups in total. The maximum Gasteiger partial charge on any atom is 0.343 e. The van der Waals surface area contributed by atoms with Crippen LogP contribution in [-0.2, 0) is 6.42 Å². The number of hydrogen-bond acceptors (Lipinski definition) is 2. The van der Waals surface area contributed by atoms with Crippen LogP contribution in [0.3, 0.4) is 0 Å². The van der Waals surface area contributed by atoms with Gasteiger partial charge in [-0.25, -0.2) is 9.18 Å². The first-order valence-corrected chi connectivity index (χ1v) is 8.83. The molecule has 0 fully saturated rings. The molecule has 0 heterocycles. The molecule has 0 aliphatic carbocycles. The lowest BCUT2D eigenvalue weighted by Gasteiger charge is -2.07. The fourth-order valence-corrected chi connectivity index (χ4v) is 2.71. The van der Waals surface area contributed by atoms with Crippen molar-refractivity contribution < 1.29 is 13.9 Å². The maximum atomic E-state index is 13.0. The smallest absolute Gasteiger partial charge is 0.343 e. The lowest BCUT2D eigenvalue weighted by molar-refractivity contribution is 0.0735. The predicted molar refractivity (Wildman–Crippen MR) is 102 cm³/mol. The second kappa shape index (κ2) is 8.43. The summed E-state index contributed by atoms with van der Waals surface area (Å²) < 4.78 is 18.4. The summed E-state index contributed by atoms with van der Waals surface area (Å²) in [6.45, 7) is 2.16. The third-order valence-electron chi connectivity index (χ3n) is 4.25. The van der Waals surface area contributed by atoms with Crippen LogP contribution in [0.4, 0.5) is 4.39 Å². The lowest BCUT2D eigenvalue weighted by atomic mass is 10.1. The largest absolute Gasteiger partial charge is 0.423 e. The van der Waals surface area contributed by atoms with E-state index in [1.807, 2.05) is 24.3 Å². The quantitative estimate of drug-likeness (QED) is 0.400. The molecule has 0 amide bonds. The van der Waals surface area contributed by atoms with Crippen molar-refractivity contribution >= 4 is 5.97 Å². The molecule has 3 heteroatoms. The van der Waals surface area contributed by atoms with Gasteiger partial charge in [0.05, 0.1) is 5.56 Å². The summed E-state index contributed by atoms with van der Waals surface area (Å²) in [7, 11) is 0. The number of unbranched alkanes of at least 4 members (excludes halogenated alkanes) is 1. The second-order valence-corrected chi connectivity index (χ2v) is 6.22. The van der Waals surface area contributed by atoms with E-state index in [0.717, 1.165) is 30.4 Å². The Morgan fingerprint density at radius 3 is 2.00 bits per heavy atom. The first-order chi connectivity index (χ1) is 12.7. The van der Waals surface area contributed by atoms with Crippen molar-refractivity contribution in [3.63, 3.8) is 0 Å². The van der Waals surface area contributed by atoms with E-state index in [9.17, 15) is 9.18 Å². The molecule has 0 saturated carbocycles. The van der Waals surface area contributed by atoms with Crippen LogP contribution in [0, 0.1) is 5.82 Å². The normalized spacial score (nSPS) is 10.5. The van der Waals surface area contributed by atoms with Crippen molar-refractivity contribution in [3.05, 3.63) is 89.7 Å². The molecule has 0 aromatic heterocycles. The van der Waals surface area contributed by atoms with Crippen molar-refractivity contribution in [2.24, 2.45) is 0 Å². The predicted octanol–water partition coefficient (Wildman–Crippen LogP) is 6.05. The van der Waals surface area contributed by atoms with Crippen LogP contribution < -0.4 is 4.74 Å². The minimum absolute atomic E-state index is 0.264. The Hall–Kier alpha value is -2.94. The molecule has 0 spiro atoms. The van der Waals surface area contributed by atoms with Crippen LogP contribution in [0.5, 0.6) is 5.75 Å². The van der Waals surface area contributed by atoms with Gasteiger partial charge < -0.3 is 4.74 Å². The van der Waals surface area contributed by atoms with Crippen LogP contribution in [0.15, 0.2) is 72.8 Å². The number of carbonyl (C=O) groups excluding carboxylic acids is 1. The van der Waals surface area contributed by atoms with Gasteiger partial charge in [-0.05, 0) is 65.9 Å². The summed E-state index contributed by atoms with van der Waals surface area (Å²) in [5.74, 6) is -0.155. The Morgan fingerprint density at radius 1 is 0.846 bits per heavy atom. The average Bonchev–Trinajstić information content (AvgIpc) is 2.68. The standard InChI is InChI=1S/C23H21FO2/c1-2-3-4-17-5-7-20(8-6-17)23(25)26-22-15-11-19(12-16-22)18-9-13-21(24)14-10-18/h5-16H,2-4H2,1H3. The summed E-state index contributed by atoms with van der Waals surface area (Å²) in [4.78, 5) is 12.3. The molecule has 0 unspecified atom stereocenters. The summed E-state index contributed by atoms with van der Waals surface area (Å²) >= 11 is 0. The van der Waals surface area contributed by atoms with E-state index in [4.69, 9.17) is 4.74 Å². The van der Waals surface area contributed by atoms with E-state index in [1.54, 1.807) is 36.4 Å². The number of aryl methyl sites for hydroxylation is 1. The molecule has 26 heavy (non-hydrogen) atoms. The molecule has 0 aliphatic rings. The molecule has 0 radical (unpaired) electrons. The van der Waals surface area contributed by atoms with Gasteiger partial charge in [-0.3, -0.25) is 0 Å². The van der Waals surface area contributed by atoms with Gasteiger partial charge in [0.2, 0.25) is 0 Å². The highest BCUT2D eigenvalue weighted by atomic mass is 19.1. The van der Waals surface area contributed by atoms with E-state index in [2.05, 4.69) is 6.92 Å². The zero-order valence-corrected chi connectivity index (χ0v) is 14.7. The molecule has 0 aliphatic heterocycles. The highest BCUT2D eigenvalue weighted by molar-refractivity contribution is 5.91. The van der Waals surface area contributed by atoms with Gasteiger partial charge in [-0.15, -0.1) is 0 Å². The van der Waals surface area contributed by atoms with Crippen molar-refractivity contribution in [2.45, 2.75) is 26.2 Å². The van der Waals surface area contributed by atoms with Crippen molar-refractivity contribution in [2.75, 3.05) is 0 Å². The van der Waals surface area contributed by atoms with Gasteiger partial charge in [0.1, 0.15) is 11.6 Å². The first-order valence-electron chi connectivity index (χ1n) is 8.83. The van der Waals surface area contributed by atoms with E-state index < -0.39 is 0 Å². The molecular formula is C23H21FO2. The average molecular weight is 348 g/mol. The van der Waals surface area contributed by atoms with Crippen molar-refractivity contribution in [1.82, 2.24) is 0 Å². The Balaban J connectivity index is 1.64. The third-order valence-corrected chi connectivity index (χ3v) is 4.25. The number of esters is 1. The Labute approximate surface area is 153 Å². The lowest BCUT2D eigenvalue weighted by Crippen LogP contribution is -2.08. The zero-order chi connectivity index (χ0) is 18.4. The van der Waals surface area contributed by atoms with Crippen LogP contribution in [0.1, 0.15) is 35.7 Å². The molecule has 132 valence electrons. The van der Waals surface area contributed by atoms with Gasteiger partial charge in [0.25, 0.3) is 0 Å². The Bertz CT molecular complexity index is 850. The number of benzene rings is 3. The Kier molecular flexibility index (Phi) is 5.80. The summed E-state index contributed by atoms with van der Waals surface area (Å²) in [5.41, 5.74) is 3.61. The summed E-state index contributed by atoms with van der Waals surface area (Å²) in [6.07, 6.45) is 3.32. The molecule has 0 saturated heterocycles. The minimum atomic E-state index is -0.374. The minimum Gasteiger partial charge on any atom is -0.423 e. The fraction of sp³-hybridized carbons (Fsp3) is 0.174. The molecular weight excluding hydrogens is 327 g/mol. The van der Waals surface area contributed by atoms with Crippen LogP contribution in [0.25, 0.3) is 11.1 Å². The van der Waals surface area contributed by atoms with E-state index in [1.165, 1.54) is 17.7 Å². The number of ether oxygens (including phenoxy) is 1. The van der Waals surface area contributed by atoms with Gasteiger partial charge in [0, 0.05) is 0 Å². The van der Waals surface area contributed by atoms with E-state index in [0.29, 0.717) is 11.3 Å². The van der Waals surface area contributed by atoms with E-state index >= 15 is 0 Å². The highest BCUT2D eigenvalue weighted by Gasteiger charge is 2.09. The number of hydrogen-bond donors (Lipinski definition) is 0. The number of carbonyl (C=O) groups is 1. The summed E-state index contributed by atoms with van der Waals surface area (Å²) in [6, 6.07) is 21.0. The molecule has 0 atom stereocenters. The number of rotatable bonds is 6. The Morgan fingerprint density at radius 2 is 1.42 bits per heavy atom.